The third kappa shape index (κ3) is 2.60. The van der Waals surface area contributed by atoms with Gasteiger partial charge in [0.05, 0.1) is 12.2 Å². The third-order valence-electron chi connectivity index (χ3n) is 9.33. The van der Waals surface area contributed by atoms with Gasteiger partial charge >= 0.3 is 0 Å². The maximum absolute atomic E-state index is 10.9. The summed E-state index contributed by atoms with van der Waals surface area (Å²) in [4.78, 5) is 3.79. The minimum absolute atomic E-state index is 0.0323. The fraction of sp³-hybridized carbons (Fsp3) is 0.792. The lowest BCUT2D eigenvalue weighted by atomic mass is 9.46. The molecule has 0 aliphatic heterocycles. The molecule has 4 rings (SSSR count). The quantitative estimate of drug-likeness (QED) is 0.498. The molecule has 0 spiro atoms. The lowest BCUT2D eigenvalue weighted by molar-refractivity contribution is -0.0970. The van der Waals surface area contributed by atoms with Crippen molar-refractivity contribution in [1.29, 1.82) is 0 Å². The van der Waals surface area contributed by atoms with Gasteiger partial charge in [0.2, 0.25) is 0 Å². The van der Waals surface area contributed by atoms with Crippen molar-refractivity contribution in [2.24, 2.45) is 34.5 Å². The molecule has 0 heterocycles. The fourth-order valence-corrected chi connectivity index (χ4v) is 7.71. The van der Waals surface area contributed by atoms with Crippen LogP contribution in [0.3, 0.4) is 0 Å². The molecule has 3 heteroatoms. The van der Waals surface area contributed by atoms with E-state index in [0.717, 1.165) is 25.0 Å². The van der Waals surface area contributed by atoms with E-state index in [1.165, 1.54) is 30.4 Å². The van der Waals surface area contributed by atoms with E-state index in [2.05, 4.69) is 24.8 Å². The molecule has 0 radical (unpaired) electrons. The van der Waals surface area contributed by atoms with Gasteiger partial charge in [0.25, 0.3) is 0 Å². The number of hydrogen-bond acceptors (Lipinski definition) is 2. The second-order valence-electron chi connectivity index (χ2n) is 10.5. The first-order valence-electron chi connectivity index (χ1n) is 10.8. The zero-order valence-electron chi connectivity index (χ0n) is 17.4. The minimum Gasteiger partial charge on any atom is -0.396 e. The van der Waals surface area contributed by atoms with Crippen LogP contribution in [-0.2, 0) is 0 Å². The first kappa shape index (κ1) is 19.2. The van der Waals surface area contributed by atoms with E-state index in [1.807, 2.05) is 13.8 Å². The number of allylic oxidation sites excluding steroid dienone is 3. The summed E-state index contributed by atoms with van der Waals surface area (Å²) in [5.41, 5.74) is 3.33. The highest BCUT2D eigenvalue weighted by Crippen LogP contribution is 2.67. The molecule has 2 N–H and O–H groups in total. The van der Waals surface area contributed by atoms with E-state index in [-0.39, 0.29) is 23.4 Å². The number of aliphatic hydroxyl groups excluding tert-OH is 1. The van der Waals surface area contributed by atoms with Crippen molar-refractivity contribution in [3.05, 3.63) is 34.3 Å². The molecule has 27 heavy (non-hydrogen) atoms. The molecule has 0 bridgehead atoms. The van der Waals surface area contributed by atoms with E-state index in [1.54, 1.807) is 0 Å². The van der Waals surface area contributed by atoms with Crippen LogP contribution < -0.4 is 0 Å². The summed E-state index contributed by atoms with van der Waals surface area (Å²) in [6.07, 6.45) is 9.89. The van der Waals surface area contributed by atoms with Gasteiger partial charge < -0.3 is 10.2 Å². The second kappa shape index (κ2) is 6.19. The van der Waals surface area contributed by atoms with Crippen LogP contribution in [-0.4, -0.2) is 22.4 Å². The Balaban J connectivity index is 1.70. The number of rotatable bonds is 1. The molecule has 0 aromatic heterocycles. The van der Waals surface area contributed by atoms with Gasteiger partial charge in [-0.3, -0.25) is 0 Å². The molecule has 4 aliphatic rings. The zero-order chi connectivity index (χ0) is 19.6. The molecule has 0 aromatic carbocycles. The third-order valence-corrected chi connectivity index (χ3v) is 9.33. The summed E-state index contributed by atoms with van der Waals surface area (Å²) < 4.78 is 0. The van der Waals surface area contributed by atoms with E-state index < -0.39 is 5.60 Å². The molecule has 148 valence electrons. The first-order chi connectivity index (χ1) is 12.7. The average molecular weight is 370 g/mol. The van der Waals surface area contributed by atoms with Gasteiger partial charge in [-0.2, -0.15) is 0 Å². The number of fused-ring (bicyclic) bond motifs is 5. The molecule has 3 nitrogen and oxygen atoms in total. The van der Waals surface area contributed by atoms with Crippen LogP contribution in [0.2, 0.25) is 0 Å². The monoisotopic (exact) mass is 369 g/mol. The summed E-state index contributed by atoms with van der Waals surface area (Å²) in [6.45, 7) is 16.3. The van der Waals surface area contributed by atoms with Crippen molar-refractivity contribution >= 4 is 0 Å². The summed E-state index contributed by atoms with van der Waals surface area (Å²) in [7, 11) is 0. The molecule has 3 saturated carbocycles. The summed E-state index contributed by atoms with van der Waals surface area (Å²) in [5.74, 6) is 1.96. The lowest BCUT2D eigenvalue weighted by Gasteiger charge is -2.59. The Bertz CT molecular complexity index is 742. The molecule has 4 aliphatic carbocycles. The SMILES string of the molecule is [C-]#[N+]/C(C)=C1/CC[C@H]2[C@@H]3CC=C4C[C@](C)(O)[C@@H](CO)C[C@]4(C)[C@H]3CC[C@]12C. The van der Waals surface area contributed by atoms with Crippen molar-refractivity contribution in [3.63, 3.8) is 0 Å². The largest absolute Gasteiger partial charge is 0.396 e. The normalized spacial score (nSPS) is 50.8. The first-order valence-corrected chi connectivity index (χ1v) is 10.8. The van der Waals surface area contributed by atoms with Gasteiger partial charge in [0, 0.05) is 12.5 Å². The average Bonchev–Trinajstić information content (AvgIpc) is 2.98. The zero-order valence-corrected chi connectivity index (χ0v) is 17.4. The van der Waals surface area contributed by atoms with Crippen LogP contribution in [0.15, 0.2) is 22.9 Å². The molecule has 0 aromatic rings. The minimum atomic E-state index is -0.786. The molecule has 0 amide bonds. The van der Waals surface area contributed by atoms with Crippen LogP contribution in [0.4, 0.5) is 0 Å². The van der Waals surface area contributed by atoms with Gasteiger partial charge in [0.1, 0.15) is 0 Å². The summed E-state index contributed by atoms with van der Waals surface area (Å²) in [5, 5.41) is 20.8. The maximum atomic E-state index is 10.9. The smallest absolute Gasteiger partial charge is 0.162 e. The van der Waals surface area contributed by atoms with E-state index in [4.69, 9.17) is 6.57 Å². The highest BCUT2D eigenvalue weighted by atomic mass is 16.3. The Hall–Kier alpha value is -1.11. The number of nitrogens with zero attached hydrogens (tertiary/aromatic N) is 1. The molecular weight excluding hydrogens is 334 g/mol. The van der Waals surface area contributed by atoms with Crippen molar-refractivity contribution in [1.82, 2.24) is 0 Å². The van der Waals surface area contributed by atoms with Crippen molar-refractivity contribution < 1.29 is 10.2 Å². The van der Waals surface area contributed by atoms with E-state index in [0.29, 0.717) is 24.2 Å². The van der Waals surface area contributed by atoms with Gasteiger partial charge in [0.15, 0.2) is 5.70 Å². The lowest BCUT2D eigenvalue weighted by Crippen LogP contribution is -2.54. The highest BCUT2D eigenvalue weighted by molar-refractivity contribution is 5.33. The van der Waals surface area contributed by atoms with Gasteiger partial charge in [-0.25, -0.2) is 4.85 Å². The van der Waals surface area contributed by atoms with Gasteiger partial charge in [-0.05, 0) is 87.4 Å². The molecular formula is C24H35NO2. The molecule has 3 fully saturated rings. The van der Waals surface area contributed by atoms with Crippen LogP contribution in [0.1, 0.15) is 72.6 Å². The van der Waals surface area contributed by atoms with Crippen LogP contribution in [0, 0.1) is 41.1 Å². The highest BCUT2D eigenvalue weighted by Gasteiger charge is 2.59. The fourth-order valence-electron chi connectivity index (χ4n) is 7.71. The topological polar surface area (TPSA) is 44.8 Å². The Labute approximate surface area is 164 Å². The predicted octanol–water partition coefficient (Wildman–Crippen LogP) is 5.11. The Morgan fingerprint density at radius 3 is 2.59 bits per heavy atom. The van der Waals surface area contributed by atoms with Crippen LogP contribution >= 0.6 is 0 Å². The van der Waals surface area contributed by atoms with E-state index >= 15 is 0 Å². The second-order valence-corrected chi connectivity index (χ2v) is 10.5. The standard InChI is InChI=1S/C24H35NO2/c1-15(25-5)19-8-9-20-18-7-6-16-13-24(4,27)17(14-26)12-23(16,3)21(18)10-11-22(19,20)2/h6,17-18,20-21,26-27H,7-14H2,1-4H3/b19-15-/t17-,18+,20+,21+,22-,23+,24+/m1/s1. The predicted molar refractivity (Wildman–Crippen MR) is 108 cm³/mol. The molecule has 0 saturated heterocycles. The van der Waals surface area contributed by atoms with Crippen LogP contribution in [0.5, 0.6) is 0 Å². The van der Waals surface area contributed by atoms with Crippen molar-refractivity contribution in [2.45, 2.75) is 78.2 Å². The van der Waals surface area contributed by atoms with Gasteiger partial charge in [-0.1, -0.05) is 31.1 Å². The Morgan fingerprint density at radius 2 is 1.93 bits per heavy atom. The van der Waals surface area contributed by atoms with Gasteiger partial charge in [-0.15, -0.1) is 0 Å². The van der Waals surface area contributed by atoms with E-state index in [9.17, 15) is 10.2 Å². The molecule has 7 atom stereocenters. The number of hydrogen-bond donors (Lipinski definition) is 2. The Kier molecular flexibility index (Phi) is 4.41. The summed E-state index contributed by atoms with van der Waals surface area (Å²) >= 11 is 0. The Morgan fingerprint density at radius 1 is 1.22 bits per heavy atom. The van der Waals surface area contributed by atoms with Crippen LogP contribution in [0.25, 0.3) is 4.85 Å². The van der Waals surface area contributed by atoms with Crippen molar-refractivity contribution in [3.8, 4) is 0 Å². The maximum Gasteiger partial charge on any atom is 0.162 e. The van der Waals surface area contributed by atoms with Crippen molar-refractivity contribution in [2.75, 3.05) is 6.61 Å². The molecule has 0 unspecified atom stereocenters. The number of aliphatic hydroxyl groups is 2. The summed E-state index contributed by atoms with van der Waals surface area (Å²) in [6, 6.07) is 0.